The van der Waals surface area contributed by atoms with Crippen molar-refractivity contribution in [2.24, 2.45) is 0 Å². The summed E-state index contributed by atoms with van der Waals surface area (Å²) in [5.74, 6) is 0. The molecule has 0 radical (unpaired) electrons. The van der Waals surface area contributed by atoms with Crippen molar-refractivity contribution in [2.75, 3.05) is 6.54 Å². The highest BCUT2D eigenvalue weighted by atomic mass is 19.4. The SMILES string of the molecule is CCNCc1ccc2c(ccn2CCC(F)(F)F)c1. The van der Waals surface area contributed by atoms with Gasteiger partial charge in [0.05, 0.1) is 6.42 Å². The maximum absolute atomic E-state index is 12.2. The number of hydrogen-bond acceptors (Lipinski definition) is 1. The molecule has 1 aromatic heterocycles. The quantitative estimate of drug-likeness (QED) is 0.876. The second-order valence-corrected chi connectivity index (χ2v) is 4.55. The number of aromatic nitrogens is 1. The van der Waals surface area contributed by atoms with Crippen LogP contribution in [0.1, 0.15) is 18.9 Å². The van der Waals surface area contributed by atoms with Gasteiger partial charge in [-0.05, 0) is 35.7 Å². The summed E-state index contributed by atoms with van der Waals surface area (Å²) in [6.07, 6.45) is -3.19. The Morgan fingerprint density at radius 3 is 2.68 bits per heavy atom. The van der Waals surface area contributed by atoms with E-state index in [0.717, 1.165) is 29.6 Å². The predicted octanol–water partition coefficient (Wildman–Crippen LogP) is 3.70. The summed E-state index contributed by atoms with van der Waals surface area (Å²) in [6, 6.07) is 7.72. The van der Waals surface area contributed by atoms with Gasteiger partial charge in [-0.2, -0.15) is 13.2 Å². The molecule has 0 bridgehead atoms. The van der Waals surface area contributed by atoms with Crippen molar-refractivity contribution in [1.82, 2.24) is 9.88 Å². The molecule has 104 valence electrons. The molecule has 0 saturated heterocycles. The topological polar surface area (TPSA) is 17.0 Å². The Morgan fingerprint density at radius 1 is 1.21 bits per heavy atom. The van der Waals surface area contributed by atoms with Crippen molar-refractivity contribution < 1.29 is 13.2 Å². The lowest BCUT2D eigenvalue weighted by atomic mass is 10.1. The van der Waals surface area contributed by atoms with Crippen molar-refractivity contribution in [3.8, 4) is 0 Å². The molecule has 1 N–H and O–H groups in total. The van der Waals surface area contributed by atoms with E-state index in [2.05, 4.69) is 5.32 Å². The highest BCUT2D eigenvalue weighted by Crippen LogP contribution is 2.23. The summed E-state index contributed by atoms with van der Waals surface area (Å²) < 4.78 is 38.3. The van der Waals surface area contributed by atoms with E-state index >= 15 is 0 Å². The van der Waals surface area contributed by atoms with E-state index in [-0.39, 0.29) is 6.54 Å². The van der Waals surface area contributed by atoms with Crippen LogP contribution in [0.25, 0.3) is 10.9 Å². The molecule has 0 spiro atoms. The van der Waals surface area contributed by atoms with Crippen molar-refractivity contribution >= 4 is 10.9 Å². The summed E-state index contributed by atoms with van der Waals surface area (Å²) in [5.41, 5.74) is 1.99. The zero-order valence-corrected chi connectivity index (χ0v) is 10.8. The van der Waals surface area contributed by atoms with Crippen molar-refractivity contribution in [3.63, 3.8) is 0 Å². The summed E-state index contributed by atoms with van der Waals surface area (Å²) >= 11 is 0. The Bertz CT molecular complexity index is 543. The fourth-order valence-corrected chi connectivity index (χ4v) is 2.07. The van der Waals surface area contributed by atoms with E-state index < -0.39 is 12.6 Å². The minimum absolute atomic E-state index is 0.0282. The molecule has 0 aliphatic carbocycles. The Kier molecular flexibility index (Phi) is 4.14. The molecule has 0 amide bonds. The highest BCUT2D eigenvalue weighted by Gasteiger charge is 2.26. The fourth-order valence-electron chi connectivity index (χ4n) is 2.07. The zero-order chi connectivity index (χ0) is 13.9. The molecule has 0 aliphatic heterocycles. The van der Waals surface area contributed by atoms with Gasteiger partial charge in [0.25, 0.3) is 0 Å². The van der Waals surface area contributed by atoms with E-state index in [1.54, 1.807) is 10.8 Å². The van der Waals surface area contributed by atoms with E-state index in [1.165, 1.54) is 0 Å². The summed E-state index contributed by atoms with van der Waals surface area (Å²) in [7, 11) is 0. The predicted molar refractivity (Wildman–Crippen MR) is 70.0 cm³/mol. The zero-order valence-electron chi connectivity index (χ0n) is 10.8. The van der Waals surface area contributed by atoms with Crippen molar-refractivity contribution in [2.45, 2.75) is 32.6 Å². The molecule has 0 aliphatic rings. The number of rotatable bonds is 5. The number of aryl methyl sites for hydroxylation is 1. The molecule has 2 rings (SSSR count). The number of benzene rings is 1. The maximum atomic E-state index is 12.2. The molecular weight excluding hydrogens is 253 g/mol. The normalized spacial score (nSPS) is 12.2. The summed E-state index contributed by atoms with van der Waals surface area (Å²) in [5, 5.41) is 4.21. The lowest BCUT2D eigenvalue weighted by molar-refractivity contribution is -0.136. The van der Waals surface area contributed by atoms with E-state index in [9.17, 15) is 13.2 Å². The number of hydrogen-bond donors (Lipinski definition) is 1. The van der Waals surface area contributed by atoms with Crippen LogP contribution in [0.5, 0.6) is 0 Å². The first-order valence-corrected chi connectivity index (χ1v) is 6.35. The number of nitrogens with one attached hydrogen (secondary N) is 1. The monoisotopic (exact) mass is 270 g/mol. The minimum atomic E-state index is -4.11. The molecule has 0 saturated carbocycles. The standard InChI is InChI=1S/C14H17F3N2/c1-2-18-10-11-3-4-13-12(9-11)5-7-19(13)8-6-14(15,16)17/h3-5,7,9,18H,2,6,8,10H2,1H3. The smallest absolute Gasteiger partial charge is 0.347 e. The minimum Gasteiger partial charge on any atom is -0.347 e. The van der Waals surface area contributed by atoms with Gasteiger partial charge in [-0.15, -0.1) is 0 Å². The first-order valence-electron chi connectivity index (χ1n) is 6.35. The molecule has 0 unspecified atom stereocenters. The summed E-state index contributed by atoms with van der Waals surface area (Å²) in [4.78, 5) is 0. The highest BCUT2D eigenvalue weighted by molar-refractivity contribution is 5.80. The molecule has 0 fully saturated rings. The third-order valence-corrected chi connectivity index (χ3v) is 3.05. The lowest BCUT2D eigenvalue weighted by Crippen LogP contribution is -2.12. The van der Waals surface area contributed by atoms with Crippen LogP contribution in [0.3, 0.4) is 0 Å². The van der Waals surface area contributed by atoms with Gasteiger partial charge >= 0.3 is 6.18 Å². The summed E-state index contributed by atoms with van der Waals surface area (Å²) in [6.45, 7) is 3.68. The number of halogens is 3. The van der Waals surface area contributed by atoms with Crippen LogP contribution in [0, 0.1) is 0 Å². The van der Waals surface area contributed by atoms with E-state index in [4.69, 9.17) is 0 Å². The van der Waals surface area contributed by atoms with Gasteiger partial charge in [-0.1, -0.05) is 13.0 Å². The third kappa shape index (κ3) is 3.73. The Hall–Kier alpha value is -1.49. The van der Waals surface area contributed by atoms with Gasteiger partial charge in [0.15, 0.2) is 0 Å². The first-order chi connectivity index (χ1) is 8.99. The van der Waals surface area contributed by atoms with Crippen molar-refractivity contribution in [3.05, 3.63) is 36.0 Å². The van der Waals surface area contributed by atoms with Gasteiger partial charge in [-0.3, -0.25) is 0 Å². The fraction of sp³-hybridized carbons (Fsp3) is 0.429. The lowest BCUT2D eigenvalue weighted by Gasteiger charge is -2.09. The Balaban J connectivity index is 2.15. The molecule has 5 heteroatoms. The average molecular weight is 270 g/mol. The number of nitrogens with zero attached hydrogens (tertiary/aromatic N) is 1. The number of alkyl halides is 3. The van der Waals surface area contributed by atoms with Crippen LogP contribution >= 0.6 is 0 Å². The largest absolute Gasteiger partial charge is 0.390 e. The molecule has 1 heterocycles. The molecular formula is C14H17F3N2. The molecule has 19 heavy (non-hydrogen) atoms. The maximum Gasteiger partial charge on any atom is 0.390 e. The first kappa shape index (κ1) is 13.9. The Labute approximate surface area is 110 Å². The molecule has 1 aromatic carbocycles. The van der Waals surface area contributed by atoms with Crippen LogP contribution in [-0.4, -0.2) is 17.3 Å². The Morgan fingerprint density at radius 2 is 2.00 bits per heavy atom. The van der Waals surface area contributed by atoms with Crippen LogP contribution in [0.15, 0.2) is 30.5 Å². The van der Waals surface area contributed by atoms with Gasteiger partial charge in [0.2, 0.25) is 0 Å². The second kappa shape index (κ2) is 5.65. The van der Waals surface area contributed by atoms with E-state index in [0.29, 0.717) is 0 Å². The second-order valence-electron chi connectivity index (χ2n) is 4.55. The van der Waals surface area contributed by atoms with Crippen LogP contribution in [0.4, 0.5) is 13.2 Å². The third-order valence-electron chi connectivity index (χ3n) is 3.05. The molecule has 0 atom stereocenters. The van der Waals surface area contributed by atoms with Gasteiger partial charge in [0.1, 0.15) is 0 Å². The van der Waals surface area contributed by atoms with Crippen LogP contribution in [0.2, 0.25) is 0 Å². The van der Waals surface area contributed by atoms with Crippen molar-refractivity contribution in [1.29, 1.82) is 0 Å². The van der Waals surface area contributed by atoms with E-state index in [1.807, 2.05) is 31.2 Å². The van der Waals surface area contributed by atoms with Crippen LogP contribution < -0.4 is 5.32 Å². The van der Waals surface area contributed by atoms with Gasteiger partial charge in [-0.25, -0.2) is 0 Å². The average Bonchev–Trinajstić information content (AvgIpc) is 2.75. The van der Waals surface area contributed by atoms with Crippen LogP contribution in [-0.2, 0) is 13.1 Å². The number of fused-ring (bicyclic) bond motifs is 1. The van der Waals surface area contributed by atoms with Gasteiger partial charge < -0.3 is 9.88 Å². The molecule has 2 nitrogen and oxygen atoms in total. The van der Waals surface area contributed by atoms with Gasteiger partial charge in [0, 0.05) is 24.8 Å². The molecule has 2 aromatic rings.